The van der Waals surface area contributed by atoms with Gasteiger partial charge in [0.05, 0.1) is 24.8 Å². The van der Waals surface area contributed by atoms with Gasteiger partial charge in [0.15, 0.2) is 0 Å². The third kappa shape index (κ3) is 6.38. The van der Waals surface area contributed by atoms with E-state index in [-0.39, 0.29) is 35.0 Å². The van der Waals surface area contributed by atoms with E-state index in [4.69, 9.17) is 9.72 Å². The van der Waals surface area contributed by atoms with Crippen LogP contribution in [0.25, 0.3) is 5.69 Å². The Hall–Kier alpha value is -3.68. The van der Waals surface area contributed by atoms with Gasteiger partial charge in [0.25, 0.3) is 0 Å². The van der Waals surface area contributed by atoms with Crippen LogP contribution in [0.1, 0.15) is 107 Å². The predicted molar refractivity (Wildman–Crippen MR) is 175 cm³/mol. The van der Waals surface area contributed by atoms with Crippen molar-refractivity contribution in [3.8, 4) is 11.4 Å². The number of pyridine rings is 1. The van der Waals surface area contributed by atoms with Crippen molar-refractivity contribution in [2.45, 2.75) is 103 Å². The topological polar surface area (TPSA) is 97.5 Å². The van der Waals surface area contributed by atoms with E-state index in [9.17, 15) is 14.7 Å². The SMILES string of the molecule is COc1ccc(C23CCC(CN(c4cc(-n5cnc(C(C)C)c5)ccn4)C(=O)[C@H]4CC[C@H](CC(=O)O)CC4)(CC2)CC3)cc1C. The Morgan fingerprint density at radius 1 is 1.02 bits per heavy atom. The van der Waals surface area contributed by atoms with Crippen LogP contribution < -0.4 is 9.64 Å². The minimum Gasteiger partial charge on any atom is -0.496 e. The highest BCUT2D eigenvalue weighted by molar-refractivity contribution is 5.94. The molecule has 2 aromatic heterocycles. The van der Waals surface area contributed by atoms with Crippen molar-refractivity contribution in [2.24, 2.45) is 17.3 Å². The number of hydrogen-bond donors (Lipinski definition) is 1. The number of methoxy groups -OCH3 is 1. The Morgan fingerprint density at radius 2 is 1.73 bits per heavy atom. The summed E-state index contributed by atoms with van der Waals surface area (Å²) < 4.78 is 7.55. The molecule has 240 valence electrons. The van der Waals surface area contributed by atoms with E-state index in [1.807, 2.05) is 27.9 Å². The number of fused-ring (bicyclic) bond motifs is 3. The number of anilines is 1. The second-order valence-corrected chi connectivity index (χ2v) is 14.4. The van der Waals surface area contributed by atoms with Crippen LogP contribution in [0.3, 0.4) is 0 Å². The van der Waals surface area contributed by atoms with Gasteiger partial charge in [0.1, 0.15) is 11.6 Å². The van der Waals surface area contributed by atoms with Crippen molar-refractivity contribution in [3.05, 3.63) is 65.9 Å². The molecule has 1 aromatic carbocycles. The first kappa shape index (κ1) is 31.3. The largest absolute Gasteiger partial charge is 0.496 e. The molecule has 0 saturated heterocycles. The summed E-state index contributed by atoms with van der Waals surface area (Å²) >= 11 is 0. The van der Waals surface area contributed by atoms with Crippen LogP contribution in [0.15, 0.2) is 49.1 Å². The maximum atomic E-state index is 14.4. The molecule has 45 heavy (non-hydrogen) atoms. The molecule has 4 aliphatic rings. The fraction of sp³-hybridized carbons (Fsp3) is 0.568. The highest BCUT2D eigenvalue weighted by atomic mass is 16.5. The van der Waals surface area contributed by atoms with Gasteiger partial charge in [-0.2, -0.15) is 0 Å². The van der Waals surface area contributed by atoms with Crippen molar-refractivity contribution in [1.82, 2.24) is 14.5 Å². The van der Waals surface area contributed by atoms with Gasteiger partial charge in [-0.15, -0.1) is 0 Å². The van der Waals surface area contributed by atoms with Gasteiger partial charge in [0, 0.05) is 37.3 Å². The number of ether oxygens (including phenoxy) is 1. The van der Waals surface area contributed by atoms with Crippen LogP contribution in [0.5, 0.6) is 5.75 Å². The molecule has 1 N–H and O–H groups in total. The standard InChI is InChI=1S/C37H48N4O4/c1-25(2)31-22-40(24-39-31)30-11-18-38-33(21-30)41(35(44)28-7-5-27(6-8-28)20-34(42)43)23-36-12-15-37(16-13-36,17-14-36)29-9-10-32(45-4)26(3)19-29/h9-11,18-19,21-22,24-25,27-28H,5-8,12-17,20,23H2,1-4H3,(H,42,43)/t27-,28-,36?,37?. The van der Waals surface area contributed by atoms with Crippen LogP contribution in [0, 0.1) is 24.2 Å². The number of imidazole rings is 1. The first-order valence-electron chi connectivity index (χ1n) is 16.8. The van der Waals surface area contributed by atoms with E-state index < -0.39 is 5.97 Å². The maximum absolute atomic E-state index is 14.4. The highest BCUT2D eigenvalue weighted by Crippen LogP contribution is 2.58. The van der Waals surface area contributed by atoms with E-state index in [1.165, 1.54) is 11.1 Å². The molecule has 4 saturated carbocycles. The zero-order chi connectivity index (χ0) is 31.8. The van der Waals surface area contributed by atoms with Gasteiger partial charge in [-0.1, -0.05) is 26.0 Å². The van der Waals surface area contributed by atoms with E-state index in [1.54, 1.807) is 13.3 Å². The molecule has 2 heterocycles. The Kier molecular flexibility index (Phi) is 8.77. The lowest BCUT2D eigenvalue weighted by Crippen LogP contribution is -2.52. The molecule has 0 radical (unpaired) electrons. The minimum atomic E-state index is -0.748. The number of carbonyl (C=O) groups excluding carboxylic acids is 1. The molecule has 0 unspecified atom stereocenters. The van der Waals surface area contributed by atoms with Crippen molar-refractivity contribution in [2.75, 3.05) is 18.6 Å². The monoisotopic (exact) mass is 612 g/mol. The number of carbonyl (C=O) groups is 2. The minimum absolute atomic E-state index is 0.0664. The molecular weight excluding hydrogens is 564 g/mol. The zero-order valence-corrected chi connectivity index (χ0v) is 27.3. The van der Waals surface area contributed by atoms with Crippen molar-refractivity contribution in [3.63, 3.8) is 0 Å². The molecule has 8 heteroatoms. The third-order valence-electron chi connectivity index (χ3n) is 11.3. The van der Waals surface area contributed by atoms with Crippen LogP contribution in [0.4, 0.5) is 5.82 Å². The first-order valence-corrected chi connectivity index (χ1v) is 16.8. The quantitative estimate of drug-likeness (QED) is 0.253. The number of benzene rings is 1. The van der Waals surface area contributed by atoms with Crippen LogP contribution in [0.2, 0.25) is 0 Å². The molecule has 0 spiro atoms. The van der Waals surface area contributed by atoms with E-state index >= 15 is 0 Å². The summed E-state index contributed by atoms with van der Waals surface area (Å²) in [5.41, 5.74) is 4.85. The average molecular weight is 613 g/mol. The Morgan fingerprint density at radius 3 is 2.33 bits per heavy atom. The number of carboxylic acid groups (broad SMARTS) is 1. The number of nitrogens with zero attached hydrogens (tertiary/aromatic N) is 4. The van der Waals surface area contributed by atoms with Gasteiger partial charge in [-0.25, -0.2) is 9.97 Å². The summed E-state index contributed by atoms with van der Waals surface area (Å²) in [7, 11) is 1.73. The molecule has 8 nitrogen and oxygen atoms in total. The van der Waals surface area contributed by atoms with Gasteiger partial charge in [-0.05, 0) is 117 Å². The number of aromatic nitrogens is 3. The normalized spacial score (nSPS) is 26.2. The van der Waals surface area contributed by atoms with Crippen LogP contribution >= 0.6 is 0 Å². The van der Waals surface area contributed by atoms with Gasteiger partial charge in [-0.3, -0.25) is 14.5 Å². The smallest absolute Gasteiger partial charge is 0.303 e. The molecular formula is C37H48N4O4. The molecule has 3 aromatic rings. The maximum Gasteiger partial charge on any atom is 0.303 e. The molecule has 7 rings (SSSR count). The van der Waals surface area contributed by atoms with Gasteiger partial charge < -0.3 is 14.4 Å². The zero-order valence-electron chi connectivity index (χ0n) is 27.3. The van der Waals surface area contributed by atoms with Crippen molar-refractivity contribution >= 4 is 17.7 Å². The average Bonchev–Trinajstić information content (AvgIpc) is 3.56. The fourth-order valence-corrected chi connectivity index (χ4v) is 8.32. The molecule has 0 atom stereocenters. The number of rotatable bonds is 10. The molecule has 0 aliphatic heterocycles. The summed E-state index contributed by atoms with van der Waals surface area (Å²) in [5.74, 6) is 1.41. The molecule has 1 amide bonds. The predicted octanol–water partition coefficient (Wildman–Crippen LogP) is 7.61. The lowest BCUT2D eigenvalue weighted by atomic mass is 9.51. The number of aryl methyl sites for hydroxylation is 1. The van der Waals surface area contributed by atoms with Crippen LogP contribution in [-0.4, -0.2) is 45.2 Å². The lowest BCUT2D eigenvalue weighted by Gasteiger charge is -2.55. The van der Waals surface area contributed by atoms with Gasteiger partial charge >= 0.3 is 5.97 Å². The summed E-state index contributed by atoms with van der Waals surface area (Å²) in [5, 5.41) is 9.30. The second-order valence-electron chi connectivity index (χ2n) is 14.4. The first-order chi connectivity index (χ1) is 21.6. The van der Waals surface area contributed by atoms with Crippen molar-refractivity contribution in [1.29, 1.82) is 0 Å². The molecule has 4 aliphatic carbocycles. The Balaban J connectivity index is 1.25. The van der Waals surface area contributed by atoms with E-state index in [0.717, 1.165) is 81.3 Å². The summed E-state index contributed by atoms with van der Waals surface area (Å²) in [6.07, 6.45) is 15.6. The molecule has 4 fully saturated rings. The second kappa shape index (κ2) is 12.6. The van der Waals surface area contributed by atoms with E-state index in [2.05, 4.69) is 50.2 Å². The Bertz CT molecular complexity index is 1510. The summed E-state index contributed by atoms with van der Waals surface area (Å²) in [6.45, 7) is 7.07. The van der Waals surface area contributed by atoms with Crippen molar-refractivity contribution < 1.29 is 19.4 Å². The summed E-state index contributed by atoms with van der Waals surface area (Å²) in [6, 6.07) is 10.7. The number of carboxylic acids is 1. The summed E-state index contributed by atoms with van der Waals surface area (Å²) in [4.78, 5) is 37.1. The number of aliphatic carboxylic acids is 1. The highest BCUT2D eigenvalue weighted by Gasteiger charge is 2.51. The van der Waals surface area contributed by atoms with E-state index in [0.29, 0.717) is 18.3 Å². The van der Waals surface area contributed by atoms with Crippen LogP contribution in [-0.2, 0) is 15.0 Å². The third-order valence-corrected chi connectivity index (χ3v) is 11.3. The number of amides is 1. The number of hydrogen-bond acceptors (Lipinski definition) is 5. The lowest BCUT2D eigenvalue weighted by molar-refractivity contribution is -0.138. The van der Waals surface area contributed by atoms with Gasteiger partial charge in [0.2, 0.25) is 5.91 Å². The molecule has 2 bridgehead atoms. The fourth-order valence-electron chi connectivity index (χ4n) is 8.32. The Labute approximate surface area is 267 Å².